The topological polar surface area (TPSA) is 81.1 Å². The second-order valence-electron chi connectivity index (χ2n) is 6.88. The van der Waals surface area contributed by atoms with Crippen LogP contribution in [-0.4, -0.2) is 29.9 Å². The summed E-state index contributed by atoms with van der Waals surface area (Å²) in [5.41, 5.74) is 3.29. The average molecular weight is 476 g/mol. The Morgan fingerprint density at radius 2 is 1.90 bits per heavy atom. The summed E-state index contributed by atoms with van der Waals surface area (Å²) in [6, 6.07) is 16.4. The fourth-order valence-electron chi connectivity index (χ4n) is 3.17. The van der Waals surface area contributed by atoms with E-state index in [9.17, 15) is 13.2 Å². The molecule has 0 fully saturated rings. The number of nitrogens with zero attached hydrogens (tertiary/aromatic N) is 2. The van der Waals surface area contributed by atoms with Gasteiger partial charge in [0.2, 0.25) is 5.91 Å². The number of carbonyl (C=O) groups is 1. The fraction of sp³-hybridized carbons (Fsp3) is 0.238. The Labute approximate surface area is 179 Å². The molecule has 2 aromatic carbocycles. The van der Waals surface area contributed by atoms with Crippen LogP contribution in [0.5, 0.6) is 0 Å². The fourth-order valence-corrected chi connectivity index (χ4v) is 4.89. The third-order valence-corrected chi connectivity index (χ3v) is 6.49. The lowest BCUT2D eigenvalue weighted by Crippen LogP contribution is -2.33. The number of benzene rings is 2. The predicted molar refractivity (Wildman–Crippen MR) is 116 cm³/mol. The first-order valence-corrected chi connectivity index (χ1v) is 11.7. The van der Waals surface area contributed by atoms with Crippen LogP contribution < -0.4 is 5.32 Å². The van der Waals surface area contributed by atoms with Crippen molar-refractivity contribution in [3.63, 3.8) is 0 Å². The van der Waals surface area contributed by atoms with E-state index in [4.69, 9.17) is 0 Å². The van der Waals surface area contributed by atoms with Crippen LogP contribution in [0.25, 0.3) is 5.69 Å². The lowest BCUT2D eigenvalue weighted by Gasteiger charge is -2.14. The predicted octanol–water partition coefficient (Wildman–Crippen LogP) is 3.74. The molecule has 0 radical (unpaired) electrons. The van der Waals surface area contributed by atoms with Crippen molar-refractivity contribution in [1.29, 1.82) is 0 Å². The molecule has 1 unspecified atom stereocenters. The lowest BCUT2D eigenvalue weighted by atomic mass is 10.1. The molecule has 0 aliphatic rings. The van der Waals surface area contributed by atoms with Crippen molar-refractivity contribution in [3.8, 4) is 5.69 Å². The van der Waals surface area contributed by atoms with Crippen LogP contribution in [0.1, 0.15) is 29.8 Å². The summed E-state index contributed by atoms with van der Waals surface area (Å²) < 4.78 is 27.4. The van der Waals surface area contributed by atoms with E-state index >= 15 is 0 Å². The van der Waals surface area contributed by atoms with Gasteiger partial charge in [0.1, 0.15) is 5.75 Å². The van der Waals surface area contributed by atoms with Crippen LogP contribution in [0.4, 0.5) is 0 Å². The van der Waals surface area contributed by atoms with Gasteiger partial charge in [-0.05, 0) is 43.7 Å². The quantitative estimate of drug-likeness (QED) is 0.564. The number of para-hydroxylation sites is 1. The van der Waals surface area contributed by atoms with Gasteiger partial charge >= 0.3 is 0 Å². The minimum absolute atomic E-state index is 0.181. The van der Waals surface area contributed by atoms with Gasteiger partial charge in [-0.3, -0.25) is 4.79 Å². The SMILES string of the molecule is Cc1c(C(C)NC(=O)CS(=O)(=O)Cc2cccc(Br)c2)cnn1-c1ccccc1. The van der Waals surface area contributed by atoms with Gasteiger partial charge in [-0.15, -0.1) is 0 Å². The molecule has 8 heteroatoms. The normalized spacial score (nSPS) is 12.5. The Morgan fingerprint density at radius 1 is 1.17 bits per heavy atom. The molecule has 1 atom stereocenters. The largest absolute Gasteiger partial charge is 0.349 e. The molecule has 0 spiro atoms. The van der Waals surface area contributed by atoms with Crippen molar-refractivity contribution in [2.45, 2.75) is 25.6 Å². The Kier molecular flexibility index (Phi) is 6.54. The molecule has 1 heterocycles. The molecule has 3 aromatic rings. The third kappa shape index (κ3) is 5.55. The minimum atomic E-state index is -3.58. The van der Waals surface area contributed by atoms with E-state index in [0.29, 0.717) is 5.56 Å². The molecule has 0 saturated heterocycles. The standard InChI is InChI=1S/C21H22BrN3O3S/c1-15(20-12-23-25(16(20)2)19-9-4-3-5-10-19)24-21(26)14-29(27,28)13-17-7-6-8-18(22)11-17/h3-12,15H,13-14H2,1-2H3,(H,24,26). The van der Waals surface area contributed by atoms with E-state index in [1.54, 1.807) is 29.1 Å². The zero-order chi connectivity index (χ0) is 21.0. The summed E-state index contributed by atoms with van der Waals surface area (Å²) in [5, 5.41) is 7.17. The van der Waals surface area contributed by atoms with Gasteiger partial charge in [-0.2, -0.15) is 5.10 Å². The van der Waals surface area contributed by atoms with E-state index < -0.39 is 21.5 Å². The number of amides is 1. The van der Waals surface area contributed by atoms with E-state index in [2.05, 4.69) is 26.3 Å². The molecular formula is C21H22BrN3O3S. The first kappa shape index (κ1) is 21.3. The van der Waals surface area contributed by atoms with E-state index in [1.165, 1.54) is 0 Å². The summed E-state index contributed by atoms with van der Waals surface area (Å²) in [6.07, 6.45) is 1.70. The maximum atomic E-state index is 12.4. The minimum Gasteiger partial charge on any atom is -0.349 e. The van der Waals surface area contributed by atoms with Gasteiger partial charge in [0.25, 0.3) is 0 Å². The Hall–Kier alpha value is -2.45. The van der Waals surface area contributed by atoms with Gasteiger partial charge in [-0.1, -0.05) is 46.3 Å². The molecule has 0 bridgehead atoms. The van der Waals surface area contributed by atoms with Crippen LogP contribution in [0, 0.1) is 6.92 Å². The molecule has 1 aromatic heterocycles. The van der Waals surface area contributed by atoms with Gasteiger partial charge in [0, 0.05) is 15.7 Å². The molecule has 6 nitrogen and oxygen atoms in total. The summed E-state index contributed by atoms with van der Waals surface area (Å²) in [7, 11) is -3.58. The molecule has 152 valence electrons. The van der Waals surface area contributed by atoms with Gasteiger partial charge in [0.15, 0.2) is 9.84 Å². The second kappa shape index (κ2) is 8.92. The average Bonchev–Trinajstić information content (AvgIpc) is 3.03. The number of aromatic nitrogens is 2. The second-order valence-corrected chi connectivity index (χ2v) is 9.86. The number of nitrogens with one attached hydrogen (secondary N) is 1. The number of carbonyl (C=O) groups excluding carboxylic acids is 1. The molecule has 29 heavy (non-hydrogen) atoms. The summed E-state index contributed by atoms with van der Waals surface area (Å²) in [5.74, 6) is -1.27. The number of halogens is 1. The molecular weight excluding hydrogens is 454 g/mol. The number of hydrogen-bond acceptors (Lipinski definition) is 4. The highest BCUT2D eigenvalue weighted by Gasteiger charge is 2.21. The third-order valence-electron chi connectivity index (χ3n) is 4.52. The van der Waals surface area contributed by atoms with Crippen LogP contribution >= 0.6 is 15.9 Å². The van der Waals surface area contributed by atoms with Crippen molar-refractivity contribution >= 4 is 31.7 Å². The van der Waals surface area contributed by atoms with Crippen molar-refractivity contribution in [2.75, 3.05) is 5.75 Å². The van der Waals surface area contributed by atoms with Crippen molar-refractivity contribution in [2.24, 2.45) is 0 Å². The van der Waals surface area contributed by atoms with Crippen LogP contribution in [0.3, 0.4) is 0 Å². The van der Waals surface area contributed by atoms with Crippen molar-refractivity contribution in [3.05, 3.63) is 82.1 Å². The van der Waals surface area contributed by atoms with Gasteiger partial charge in [-0.25, -0.2) is 13.1 Å². The maximum Gasteiger partial charge on any atom is 0.235 e. The molecule has 0 saturated carbocycles. The van der Waals surface area contributed by atoms with Gasteiger partial charge < -0.3 is 5.32 Å². The molecule has 0 aliphatic heterocycles. The molecule has 1 N–H and O–H groups in total. The lowest BCUT2D eigenvalue weighted by molar-refractivity contribution is -0.119. The first-order valence-electron chi connectivity index (χ1n) is 9.09. The van der Waals surface area contributed by atoms with E-state index in [1.807, 2.05) is 50.2 Å². The first-order chi connectivity index (χ1) is 13.7. The van der Waals surface area contributed by atoms with E-state index in [-0.39, 0.29) is 11.8 Å². The van der Waals surface area contributed by atoms with Gasteiger partial charge in [0.05, 0.1) is 23.7 Å². The highest BCUT2D eigenvalue weighted by Crippen LogP contribution is 2.20. The zero-order valence-electron chi connectivity index (χ0n) is 16.2. The Morgan fingerprint density at radius 3 is 2.59 bits per heavy atom. The smallest absolute Gasteiger partial charge is 0.235 e. The van der Waals surface area contributed by atoms with Crippen LogP contribution in [0.15, 0.2) is 65.3 Å². The van der Waals surface area contributed by atoms with Crippen LogP contribution in [0.2, 0.25) is 0 Å². The number of rotatable bonds is 7. The number of hydrogen-bond donors (Lipinski definition) is 1. The highest BCUT2D eigenvalue weighted by molar-refractivity contribution is 9.10. The maximum absolute atomic E-state index is 12.4. The van der Waals surface area contributed by atoms with Crippen molar-refractivity contribution in [1.82, 2.24) is 15.1 Å². The zero-order valence-corrected chi connectivity index (χ0v) is 18.6. The Bertz CT molecular complexity index is 1110. The number of sulfone groups is 1. The molecule has 1 amide bonds. The summed E-state index contributed by atoms with van der Waals surface area (Å²) in [4.78, 5) is 12.4. The molecule has 3 rings (SSSR count). The van der Waals surface area contributed by atoms with E-state index in [0.717, 1.165) is 21.4 Å². The summed E-state index contributed by atoms with van der Waals surface area (Å²) >= 11 is 3.32. The molecule has 0 aliphatic carbocycles. The highest BCUT2D eigenvalue weighted by atomic mass is 79.9. The van der Waals surface area contributed by atoms with Crippen LogP contribution in [-0.2, 0) is 20.4 Å². The van der Waals surface area contributed by atoms with Crippen molar-refractivity contribution < 1.29 is 13.2 Å². The summed E-state index contributed by atoms with van der Waals surface area (Å²) in [6.45, 7) is 3.74. The monoisotopic (exact) mass is 475 g/mol. The Balaban J connectivity index is 1.65.